The molecular formula is C38H42F2N6O3. The summed E-state index contributed by atoms with van der Waals surface area (Å²) < 4.78 is 40.5. The van der Waals surface area contributed by atoms with E-state index in [9.17, 15) is 14.0 Å². The fourth-order valence-electron chi connectivity index (χ4n) is 9.75. The van der Waals surface area contributed by atoms with Crippen molar-refractivity contribution in [3.63, 3.8) is 0 Å². The molecule has 11 heteroatoms. The Hall–Kier alpha value is -3.99. The van der Waals surface area contributed by atoms with Crippen LogP contribution in [-0.2, 0) is 11.3 Å². The lowest BCUT2D eigenvalue weighted by Crippen LogP contribution is -2.70. The summed E-state index contributed by atoms with van der Waals surface area (Å²) in [7, 11) is 1.64. The second kappa shape index (κ2) is 10.0. The molecule has 4 atom stereocenters. The van der Waals surface area contributed by atoms with E-state index in [0.29, 0.717) is 28.3 Å². The number of fused-ring (bicyclic) bond motifs is 4. The van der Waals surface area contributed by atoms with Crippen LogP contribution in [0.2, 0.25) is 0 Å². The highest BCUT2D eigenvalue weighted by atomic mass is 19.1. The number of benzene rings is 2. The van der Waals surface area contributed by atoms with Crippen molar-refractivity contribution in [3.8, 4) is 17.3 Å². The lowest BCUT2D eigenvalue weighted by atomic mass is 9.42. The van der Waals surface area contributed by atoms with E-state index in [1.54, 1.807) is 20.1 Å². The van der Waals surface area contributed by atoms with Crippen molar-refractivity contribution in [3.05, 3.63) is 47.3 Å². The fourth-order valence-corrected chi connectivity index (χ4v) is 9.75. The predicted molar refractivity (Wildman–Crippen MR) is 180 cm³/mol. The highest BCUT2D eigenvalue weighted by Crippen LogP contribution is 2.69. The molecule has 2 amide bonds. The Kier molecular flexibility index (Phi) is 6.13. The van der Waals surface area contributed by atoms with Crippen molar-refractivity contribution >= 4 is 33.8 Å². The molecule has 7 aliphatic rings. The maximum atomic E-state index is 15.8. The summed E-state index contributed by atoms with van der Waals surface area (Å²) in [4.78, 5) is 34.2. The van der Waals surface area contributed by atoms with E-state index in [1.807, 2.05) is 29.2 Å². The molecule has 3 N–H and O–H groups in total. The normalized spacial score (nSPS) is 30.5. The molecule has 5 saturated carbocycles. The lowest BCUT2D eigenvalue weighted by Gasteiger charge is -2.64. The van der Waals surface area contributed by atoms with E-state index in [0.717, 1.165) is 79.4 Å². The van der Waals surface area contributed by atoms with Crippen molar-refractivity contribution in [1.82, 2.24) is 24.3 Å². The molecule has 5 aliphatic carbocycles. The van der Waals surface area contributed by atoms with Crippen molar-refractivity contribution in [2.45, 2.75) is 114 Å². The van der Waals surface area contributed by atoms with E-state index in [-0.39, 0.29) is 61.1 Å². The zero-order valence-electron chi connectivity index (χ0n) is 28.0. The SMILES string of the molecule is COc1cc(C(=O)N2[C@H]3CC[C@@H]2[C@H](N)C3)cc2nc(-c3cc4cc(F)c([C@@H](C)NC(=O)C56CC(F)(C5)C6)cc4n3CC3CC3)n(C3CC3)c12. The van der Waals surface area contributed by atoms with Crippen molar-refractivity contribution in [1.29, 1.82) is 0 Å². The summed E-state index contributed by atoms with van der Waals surface area (Å²) in [5, 5.41) is 3.77. The maximum absolute atomic E-state index is 15.8. The molecule has 4 aromatic rings. The van der Waals surface area contributed by atoms with Gasteiger partial charge in [-0.15, -0.1) is 0 Å². The van der Waals surface area contributed by atoms with Gasteiger partial charge >= 0.3 is 0 Å². The largest absolute Gasteiger partial charge is 0.494 e. The van der Waals surface area contributed by atoms with Crippen LogP contribution in [0.4, 0.5) is 8.78 Å². The van der Waals surface area contributed by atoms with Gasteiger partial charge in [0, 0.05) is 52.7 Å². The van der Waals surface area contributed by atoms with Gasteiger partial charge in [-0.2, -0.15) is 0 Å². The van der Waals surface area contributed by atoms with Crippen LogP contribution in [0.25, 0.3) is 33.5 Å². The third kappa shape index (κ3) is 4.39. The highest BCUT2D eigenvalue weighted by molar-refractivity contribution is 6.01. The standard InChI is InChI=1S/C38H42F2N6O3/c1-19(42-36(48)37-16-38(40,17-37)18-37)25-14-30-21(9-26(25)39)11-31(44(30)15-20-3-4-20)34-43-28-10-22(12-32(49-2)33(28)46(34)23-5-6-23)35(47)45-24-7-8-29(45)27(41)13-24/h9-12,14,19-20,23-24,27,29H,3-8,13,15-18,41H2,1-2H3,(H,42,48)/t19-,24+,27-,29-,37?,38?/m1/s1. The van der Waals surface area contributed by atoms with Crippen LogP contribution >= 0.6 is 0 Å². The van der Waals surface area contributed by atoms with Gasteiger partial charge in [-0.05, 0) is 107 Å². The van der Waals surface area contributed by atoms with Gasteiger partial charge < -0.3 is 29.8 Å². The third-order valence-corrected chi connectivity index (χ3v) is 12.6. The molecule has 2 aromatic heterocycles. The van der Waals surface area contributed by atoms with Crippen molar-refractivity contribution < 1.29 is 23.1 Å². The quantitative estimate of drug-likeness (QED) is 0.217. The minimum Gasteiger partial charge on any atom is -0.494 e. The van der Waals surface area contributed by atoms with Crippen LogP contribution in [0, 0.1) is 17.2 Å². The molecule has 9 nitrogen and oxygen atoms in total. The van der Waals surface area contributed by atoms with Crippen LogP contribution < -0.4 is 15.8 Å². The van der Waals surface area contributed by atoms with E-state index < -0.39 is 17.1 Å². The average Bonchev–Trinajstić information content (AvgIpc) is 3.93. The average molecular weight is 669 g/mol. The number of methoxy groups -OCH3 is 1. The summed E-state index contributed by atoms with van der Waals surface area (Å²) >= 11 is 0. The summed E-state index contributed by atoms with van der Waals surface area (Å²) in [5.41, 5.74) is 8.92. The zero-order chi connectivity index (χ0) is 33.6. The van der Waals surface area contributed by atoms with E-state index >= 15 is 4.39 Å². The van der Waals surface area contributed by atoms with Gasteiger partial charge in [0.15, 0.2) is 5.82 Å². The van der Waals surface area contributed by atoms with Crippen molar-refractivity contribution in [2.75, 3.05) is 7.11 Å². The summed E-state index contributed by atoms with van der Waals surface area (Å²) in [6.45, 7) is 2.58. The van der Waals surface area contributed by atoms with Gasteiger partial charge in [-0.25, -0.2) is 13.8 Å². The number of carbonyl (C=O) groups excluding carboxylic acids is 2. The Bertz CT molecular complexity index is 2080. The molecule has 4 heterocycles. The topological polar surface area (TPSA) is 107 Å². The molecule has 2 saturated heterocycles. The first-order valence-electron chi connectivity index (χ1n) is 18.1. The minimum atomic E-state index is -1.18. The first-order chi connectivity index (χ1) is 23.5. The number of nitrogens with two attached hydrogens (primary N) is 1. The van der Waals surface area contributed by atoms with Crippen LogP contribution in [0.3, 0.4) is 0 Å². The molecular weight excluding hydrogens is 626 g/mol. The van der Waals surface area contributed by atoms with E-state index in [4.69, 9.17) is 15.5 Å². The monoisotopic (exact) mass is 668 g/mol. The summed E-state index contributed by atoms with van der Waals surface area (Å²) in [5.74, 6) is 1.34. The van der Waals surface area contributed by atoms with Gasteiger partial charge in [0.2, 0.25) is 5.91 Å². The van der Waals surface area contributed by atoms with Gasteiger partial charge in [0.1, 0.15) is 22.8 Å². The first kappa shape index (κ1) is 29.9. The Morgan fingerprint density at radius 3 is 2.45 bits per heavy atom. The van der Waals surface area contributed by atoms with Gasteiger partial charge in [-0.1, -0.05) is 0 Å². The second-order valence-corrected chi connectivity index (χ2v) is 16.2. The number of amides is 2. The Morgan fingerprint density at radius 2 is 1.82 bits per heavy atom. The number of hydrogen-bond acceptors (Lipinski definition) is 5. The third-order valence-electron chi connectivity index (χ3n) is 12.6. The van der Waals surface area contributed by atoms with Gasteiger partial charge in [-0.3, -0.25) is 9.59 Å². The lowest BCUT2D eigenvalue weighted by molar-refractivity contribution is -0.214. The Morgan fingerprint density at radius 1 is 1.06 bits per heavy atom. The number of ether oxygens (including phenoxy) is 1. The summed E-state index contributed by atoms with van der Waals surface area (Å²) in [6, 6.07) is 9.17. The molecule has 2 aliphatic heterocycles. The number of nitrogens with one attached hydrogen (secondary N) is 1. The van der Waals surface area contributed by atoms with Gasteiger partial charge in [0.25, 0.3) is 5.91 Å². The molecule has 256 valence electrons. The molecule has 11 rings (SSSR count). The molecule has 0 spiro atoms. The number of aromatic nitrogens is 3. The number of nitrogens with zero attached hydrogens (tertiary/aromatic N) is 4. The number of halogens is 2. The number of rotatable bonds is 9. The van der Waals surface area contributed by atoms with Crippen LogP contribution in [-0.4, -0.2) is 61.7 Å². The van der Waals surface area contributed by atoms with E-state index in [1.165, 1.54) is 0 Å². The molecule has 0 unspecified atom stereocenters. The number of alkyl halides is 1. The predicted octanol–water partition coefficient (Wildman–Crippen LogP) is 6.32. The van der Waals surface area contributed by atoms with E-state index in [2.05, 4.69) is 14.5 Å². The maximum Gasteiger partial charge on any atom is 0.254 e. The second-order valence-electron chi connectivity index (χ2n) is 16.2. The van der Waals surface area contributed by atoms with Crippen LogP contribution in [0.1, 0.15) is 99.1 Å². The first-order valence-corrected chi connectivity index (χ1v) is 18.1. The molecule has 7 fully saturated rings. The van der Waals surface area contributed by atoms with Crippen LogP contribution in [0.15, 0.2) is 30.3 Å². The van der Waals surface area contributed by atoms with Crippen LogP contribution in [0.5, 0.6) is 5.75 Å². The number of carbonyl (C=O) groups is 2. The molecule has 0 radical (unpaired) electrons. The number of hydrogen-bond donors (Lipinski definition) is 2. The zero-order valence-corrected chi connectivity index (χ0v) is 28.0. The fraction of sp³-hybridized carbons (Fsp3) is 0.553. The molecule has 49 heavy (non-hydrogen) atoms. The van der Waals surface area contributed by atoms with Gasteiger partial charge in [0.05, 0.1) is 29.8 Å². The molecule has 2 aromatic carbocycles. The summed E-state index contributed by atoms with van der Waals surface area (Å²) in [6.07, 6.45) is 7.88. The highest BCUT2D eigenvalue weighted by Gasteiger charge is 2.72. The Balaban J connectivity index is 1.07. The Labute approximate surface area is 283 Å². The molecule has 4 bridgehead atoms. The van der Waals surface area contributed by atoms with Crippen molar-refractivity contribution in [2.24, 2.45) is 17.1 Å². The number of imidazole rings is 1. The minimum absolute atomic E-state index is 0.0175. The smallest absolute Gasteiger partial charge is 0.254 e.